The molecule has 0 bridgehead atoms. The summed E-state index contributed by atoms with van der Waals surface area (Å²) < 4.78 is 34.3. The van der Waals surface area contributed by atoms with E-state index in [-0.39, 0.29) is 0 Å². The van der Waals surface area contributed by atoms with Crippen LogP contribution >= 0.6 is 0 Å². The molecule has 0 saturated carbocycles. The Kier molecular flexibility index (Phi) is 3.98. The molecule has 0 radical (unpaired) electrons. The number of halogens is 2. The SMILES string of the molecule is Cc1ccccc1-n1nccc1-c1ccc2noc(-c3ccc(F)c(F)c3)c2c1. The van der Waals surface area contributed by atoms with Gasteiger partial charge in [-0.05, 0) is 55.0 Å². The molecular formula is C23H15F2N3O. The molecule has 0 amide bonds. The zero-order chi connectivity index (χ0) is 20.0. The average Bonchev–Trinajstić information content (AvgIpc) is 3.37. The summed E-state index contributed by atoms with van der Waals surface area (Å²) in [7, 11) is 0. The average molecular weight is 387 g/mol. The third kappa shape index (κ3) is 2.89. The number of nitrogens with zero attached hydrogens (tertiary/aromatic N) is 3. The Balaban J connectivity index is 1.66. The predicted molar refractivity (Wildman–Crippen MR) is 107 cm³/mol. The molecular weight excluding hydrogens is 372 g/mol. The lowest BCUT2D eigenvalue weighted by molar-refractivity contribution is 0.440. The quantitative estimate of drug-likeness (QED) is 0.385. The molecule has 0 aliphatic carbocycles. The summed E-state index contributed by atoms with van der Waals surface area (Å²) in [4.78, 5) is 0. The van der Waals surface area contributed by atoms with Gasteiger partial charge in [-0.2, -0.15) is 5.10 Å². The molecule has 0 N–H and O–H groups in total. The fourth-order valence-electron chi connectivity index (χ4n) is 3.46. The van der Waals surface area contributed by atoms with Crippen molar-refractivity contribution >= 4 is 10.9 Å². The highest BCUT2D eigenvalue weighted by Crippen LogP contribution is 2.33. The normalized spacial score (nSPS) is 11.3. The second kappa shape index (κ2) is 6.67. The van der Waals surface area contributed by atoms with Crippen molar-refractivity contribution in [1.82, 2.24) is 14.9 Å². The van der Waals surface area contributed by atoms with Gasteiger partial charge in [0.2, 0.25) is 0 Å². The van der Waals surface area contributed by atoms with Crippen molar-refractivity contribution in [2.75, 3.05) is 0 Å². The Morgan fingerprint density at radius 2 is 1.69 bits per heavy atom. The molecule has 0 atom stereocenters. The summed E-state index contributed by atoms with van der Waals surface area (Å²) in [5.41, 5.74) is 4.96. The fourth-order valence-corrected chi connectivity index (χ4v) is 3.46. The van der Waals surface area contributed by atoms with Gasteiger partial charge in [-0.25, -0.2) is 13.5 Å². The Hall–Kier alpha value is -3.80. The summed E-state index contributed by atoms with van der Waals surface area (Å²) in [5, 5.41) is 9.24. The number of benzene rings is 3. The van der Waals surface area contributed by atoms with Crippen molar-refractivity contribution in [2.45, 2.75) is 6.92 Å². The molecule has 0 aliphatic rings. The van der Waals surface area contributed by atoms with Crippen LogP contribution in [0.1, 0.15) is 5.56 Å². The standard InChI is InChI=1S/C23H15F2N3O/c1-14-4-2-3-5-21(14)28-22(10-11-26-28)15-7-9-20-17(12-15)23(29-27-20)16-6-8-18(24)19(25)13-16/h2-13H,1H3. The highest BCUT2D eigenvalue weighted by molar-refractivity contribution is 5.94. The number of aromatic nitrogens is 3. The Morgan fingerprint density at radius 3 is 2.52 bits per heavy atom. The van der Waals surface area contributed by atoms with Crippen molar-refractivity contribution in [3.63, 3.8) is 0 Å². The largest absolute Gasteiger partial charge is 0.355 e. The van der Waals surface area contributed by atoms with E-state index in [9.17, 15) is 8.78 Å². The van der Waals surface area contributed by atoms with Crippen molar-refractivity contribution in [1.29, 1.82) is 0 Å². The van der Waals surface area contributed by atoms with Gasteiger partial charge in [-0.1, -0.05) is 29.4 Å². The maximum atomic E-state index is 13.7. The van der Waals surface area contributed by atoms with Gasteiger partial charge in [0, 0.05) is 11.1 Å². The number of hydrogen-bond donors (Lipinski definition) is 0. The number of hydrogen-bond acceptors (Lipinski definition) is 3. The van der Waals surface area contributed by atoms with E-state index in [4.69, 9.17) is 4.52 Å². The minimum absolute atomic E-state index is 0.391. The Labute approximate surface area is 165 Å². The third-order valence-electron chi connectivity index (χ3n) is 4.94. The van der Waals surface area contributed by atoms with Gasteiger partial charge in [0.05, 0.1) is 23.0 Å². The van der Waals surface area contributed by atoms with E-state index in [1.54, 1.807) is 6.20 Å². The number of rotatable bonds is 3. The summed E-state index contributed by atoms with van der Waals surface area (Å²) in [6, 6.07) is 19.3. The summed E-state index contributed by atoms with van der Waals surface area (Å²) >= 11 is 0. The van der Waals surface area contributed by atoms with E-state index in [2.05, 4.69) is 10.3 Å². The van der Waals surface area contributed by atoms with Gasteiger partial charge in [0.1, 0.15) is 5.52 Å². The van der Waals surface area contributed by atoms with Gasteiger partial charge in [0.15, 0.2) is 17.4 Å². The first-order valence-electron chi connectivity index (χ1n) is 9.07. The van der Waals surface area contributed by atoms with Crippen LogP contribution in [-0.4, -0.2) is 14.9 Å². The molecule has 5 rings (SSSR count). The second-order valence-corrected chi connectivity index (χ2v) is 6.79. The molecule has 6 heteroatoms. The van der Waals surface area contributed by atoms with Crippen LogP contribution in [0.3, 0.4) is 0 Å². The maximum Gasteiger partial charge on any atom is 0.174 e. The van der Waals surface area contributed by atoms with E-state index in [1.807, 2.05) is 60.1 Å². The molecule has 0 aliphatic heterocycles. The van der Waals surface area contributed by atoms with Gasteiger partial charge >= 0.3 is 0 Å². The second-order valence-electron chi connectivity index (χ2n) is 6.79. The van der Waals surface area contributed by atoms with Crippen LogP contribution in [0.15, 0.2) is 77.4 Å². The zero-order valence-electron chi connectivity index (χ0n) is 15.4. The monoisotopic (exact) mass is 387 g/mol. The van der Waals surface area contributed by atoms with Crippen LogP contribution in [0, 0.1) is 18.6 Å². The van der Waals surface area contributed by atoms with Crippen LogP contribution in [0.2, 0.25) is 0 Å². The maximum absolute atomic E-state index is 13.7. The molecule has 2 heterocycles. The van der Waals surface area contributed by atoms with Gasteiger partial charge in [-0.15, -0.1) is 0 Å². The molecule has 29 heavy (non-hydrogen) atoms. The minimum atomic E-state index is -0.930. The first-order valence-corrected chi connectivity index (χ1v) is 9.07. The van der Waals surface area contributed by atoms with Gasteiger partial charge in [-0.3, -0.25) is 0 Å². The van der Waals surface area contributed by atoms with Crippen molar-refractivity contribution < 1.29 is 13.3 Å². The number of aryl methyl sites for hydroxylation is 1. The van der Waals surface area contributed by atoms with E-state index in [0.717, 1.165) is 34.6 Å². The van der Waals surface area contributed by atoms with Crippen LogP contribution in [0.4, 0.5) is 8.78 Å². The lowest BCUT2D eigenvalue weighted by Crippen LogP contribution is -2.00. The molecule has 5 aromatic rings. The topological polar surface area (TPSA) is 43.9 Å². The molecule has 2 aromatic heterocycles. The number of para-hydroxylation sites is 1. The van der Waals surface area contributed by atoms with Gasteiger partial charge in [0.25, 0.3) is 0 Å². The minimum Gasteiger partial charge on any atom is -0.355 e. The lowest BCUT2D eigenvalue weighted by Gasteiger charge is -2.10. The van der Waals surface area contributed by atoms with Crippen molar-refractivity contribution in [2.24, 2.45) is 0 Å². The lowest BCUT2D eigenvalue weighted by atomic mass is 10.0. The number of fused-ring (bicyclic) bond motifs is 1. The van der Waals surface area contributed by atoms with Gasteiger partial charge < -0.3 is 4.52 Å². The summed E-state index contributed by atoms with van der Waals surface area (Å²) in [5.74, 6) is -1.44. The van der Waals surface area contributed by atoms with Crippen LogP contribution in [-0.2, 0) is 0 Å². The molecule has 142 valence electrons. The van der Waals surface area contributed by atoms with Crippen LogP contribution in [0.25, 0.3) is 39.2 Å². The first kappa shape index (κ1) is 17.3. The van der Waals surface area contributed by atoms with E-state index >= 15 is 0 Å². The Bertz CT molecular complexity index is 1350. The summed E-state index contributed by atoms with van der Waals surface area (Å²) in [6.07, 6.45) is 1.75. The van der Waals surface area contributed by atoms with Crippen LogP contribution < -0.4 is 0 Å². The highest BCUT2D eigenvalue weighted by atomic mass is 19.2. The molecule has 0 fully saturated rings. The van der Waals surface area contributed by atoms with E-state index in [1.165, 1.54) is 6.07 Å². The first-order chi connectivity index (χ1) is 14.1. The molecule has 3 aromatic carbocycles. The zero-order valence-corrected chi connectivity index (χ0v) is 15.4. The molecule has 0 unspecified atom stereocenters. The fraction of sp³-hybridized carbons (Fsp3) is 0.0435. The summed E-state index contributed by atoms with van der Waals surface area (Å²) in [6.45, 7) is 2.03. The molecule has 0 saturated heterocycles. The van der Waals surface area contributed by atoms with Crippen molar-refractivity contribution in [3.05, 3.63) is 90.1 Å². The highest BCUT2D eigenvalue weighted by Gasteiger charge is 2.16. The van der Waals surface area contributed by atoms with E-state index < -0.39 is 11.6 Å². The smallest absolute Gasteiger partial charge is 0.174 e. The van der Waals surface area contributed by atoms with Crippen LogP contribution in [0.5, 0.6) is 0 Å². The molecule has 4 nitrogen and oxygen atoms in total. The van der Waals surface area contributed by atoms with E-state index in [0.29, 0.717) is 22.2 Å². The molecule has 0 spiro atoms. The third-order valence-corrected chi connectivity index (χ3v) is 4.94. The van der Waals surface area contributed by atoms with Crippen molar-refractivity contribution in [3.8, 4) is 28.3 Å². The predicted octanol–water partition coefficient (Wildman–Crippen LogP) is 5.93. The Morgan fingerprint density at radius 1 is 0.862 bits per heavy atom.